The number of rotatable bonds is 3. The molecule has 7 nitrogen and oxygen atoms in total. The summed E-state index contributed by atoms with van der Waals surface area (Å²) < 4.78 is 7.64. The van der Waals surface area contributed by atoms with E-state index in [1.165, 1.54) is 0 Å². The van der Waals surface area contributed by atoms with Gasteiger partial charge in [0.05, 0.1) is 17.9 Å². The molecule has 2 amide bonds. The molecule has 0 bridgehead atoms. The molecule has 116 valence electrons. The minimum absolute atomic E-state index is 0.0990. The Morgan fingerprint density at radius 3 is 3.05 bits per heavy atom. The molecule has 0 saturated carbocycles. The lowest BCUT2D eigenvalue weighted by Crippen LogP contribution is -2.40. The highest BCUT2D eigenvalue weighted by Gasteiger charge is 2.33. The summed E-state index contributed by atoms with van der Waals surface area (Å²) in [5.41, 5.74) is 1.67. The molecular formula is C15H19N5O2. The fraction of sp³-hybridized carbons (Fsp3) is 0.400. The van der Waals surface area contributed by atoms with E-state index in [4.69, 9.17) is 4.74 Å². The summed E-state index contributed by atoms with van der Waals surface area (Å²) in [6, 6.07) is 1.49. The van der Waals surface area contributed by atoms with Gasteiger partial charge in [-0.25, -0.2) is 9.78 Å². The molecule has 2 N–H and O–H groups in total. The van der Waals surface area contributed by atoms with Crippen molar-refractivity contribution >= 4 is 11.7 Å². The number of carbonyl (C=O) groups excluding carboxylic acids is 1. The van der Waals surface area contributed by atoms with E-state index in [0.29, 0.717) is 12.3 Å². The van der Waals surface area contributed by atoms with Crippen molar-refractivity contribution in [2.75, 3.05) is 11.9 Å². The first kappa shape index (κ1) is 14.5. The van der Waals surface area contributed by atoms with Crippen LogP contribution in [-0.4, -0.2) is 33.2 Å². The summed E-state index contributed by atoms with van der Waals surface area (Å²) in [5, 5.41) is 5.79. The topological polar surface area (TPSA) is 81.1 Å². The molecule has 0 aromatic carbocycles. The van der Waals surface area contributed by atoms with Crippen LogP contribution < -0.4 is 10.6 Å². The number of amides is 2. The molecule has 3 heterocycles. The molecule has 7 heteroatoms. The van der Waals surface area contributed by atoms with Crippen LogP contribution in [0.4, 0.5) is 10.5 Å². The maximum absolute atomic E-state index is 12.2. The van der Waals surface area contributed by atoms with Gasteiger partial charge in [-0.05, 0) is 25.0 Å². The van der Waals surface area contributed by atoms with Crippen molar-refractivity contribution in [1.82, 2.24) is 19.9 Å². The van der Waals surface area contributed by atoms with Crippen LogP contribution in [0.3, 0.4) is 0 Å². The molecule has 3 rings (SSSR count). The van der Waals surface area contributed by atoms with Crippen LogP contribution in [0.5, 0.6) is 0 Å². The van der Waals surface area contributed by atoms with Gasteiger partial charge in [0.1, 0.15) is 11.9 Å². The maximum Gasteiger partial charge on any atom is 0.319 e. The van der Waals surface area contributed by atoms with Crippen LogP contribution in [0.1, 0.15) is 23.9 Å². The summed E-state index contributed by atoms with van der Waals surface area (Å²) >= 11 is 0. The molecule has 22 heavy (non-hydrogen) atoms. The van der Waals surface area contributed by atoms with Gasteiger partial charge in [-0.1, -0.05) is 0 Å². The molecule has 1 saturated heterocycles. The lowest BCUT2D eigenvalue weighted by Gasteiger charge is -2.20. The monoisotopic (exact) mass is 301 g/mol. The van der Waals surface area contributed by atoms with Crippen molar-refractivity contribution in [1.29, 1.82) is 0 Å². The highest BCUT2D eigenvalue weighted by atomic mass is 16.5. The molecule has 0 aliphatic carbocycles. The summed E-state index contributed by atoms with van der Waals surface area (Å²) in [4.78, 5) is 20.5. The van der Waals surface area contributed by atoms with E-state index in [0.717, 1.165) is 17.8 Å². The third-order valence-corrected chi connectivity index (χ3v) is 3.81. The first-order chi connectivity index (χ1) is 10.6. The summed E-state index contributed by atoms with van der Waals surface area (Å²) in [5.74, 6) is 0.820. The number of nitrogens with zero attached hydrogens (tertiary/aromatic N) is 3. The number of anilines is 1. The van der Waals surface area contributed by atoms with Crippen molar-refractivity contribution in [3.05, 3.63) is 42.2 Å². The SMILES string of the molecule is Cc1ccncc1NC(=O)N[C@H]1CCO[C@@H]1c1nccn1C. The highest BCUT2D eigenvalue weighted by molar-refractivity contribution is 5.90. The third kappa shape index (κ3) is 2.94. The van der Waals surface area contributed by atoms with Crippen molar-refractivity contribution < 1.29 is 9.53 Å². The van der Waals surface area contributed by atoms with Crippen molar-refractivity contribution in [2.24, 2.45) is 7.05 Å². The number of ether oxygens (including phenoxy) is 1. The quantitative estimate of drug-likeness (QED) is 0.905. The predicted octanol–water partition coefficient (Wildman–Crippen LogP) is 1.78. The van der Waals surface area contributed by atoms with Crippen LogP contribution in [0.15, 0.2) is 30.9 Å². The van der Waals surface area contributed by atoms with Gasteiger partial charge in [0, 0.05) is 32.2 Å². The number of aryl methyl sites for hydroxylation is 2. The van der Waals surface area contributed by atoms with E-state index in [1.807, 2.05) is 30.8 Å². The highest BCUT2D eigenvalue weighted by Crippen LogP contribution is 2.27. The number of hydrogen-bond donors (Lipinski definition) is 2. The van der Waals surface area contributed by atoms with E-state index >= 15 is 0 Å². The molecule has 2 aromatic heterocycles. The van der Waals surface area contributed by atoms with E-state index in [1.54, 1.807) is 18.6 Å². The van der Waals surface area contributed by atoms with Gasteiger partial charge >= 0.3 is 6.03 Å². The number of imidazole rings is 1. The molecule has 0 unspecified atom stereocenters. The molecule has 1 fully saturated rings. The normalized spacial score (nSPS) is 20.8. The van der Waals surface area contributed by atoms with E-state index in [9.17, 15) is 4.79 Å². The number of hydrogen-bond acceptors (Lipinski definition) is 4. The Kier molecular flexibility index (Phi) is 4.06. The van der Waals surface area contributed by atoms with Gasteiger partial charge in [-0.2, -0.15) is 0 Å². The van der Waals surface area contributed by atoms with Crippen LogP contribution in [0.2, 0.25) is 0 Å². The first-order valence-corrected chi connectivity index (χ1v) is 7.22. The van der Waals surface area contributed by atoms with E-state index in [2.05, 4.69) is 20.6 Å². The molecular weight excluding hydrogens is 282 g/mol. The standard InChI is InChI=1S/C15H19N5O2/c1-10-3-5-16-9-12(10)19-15(21)18-11-4-8-22-13(11)14-17-6-7-20(14)2/h3,5-7,9,11,13H,4,8H2,1-2H3,(H2,18,19,21)/t11-,13-/m0/s1. The second kappa shape index (κ2) is 6.15. The zero-order valence-electron chi connectivity index (χ0n) is 12.6. The van der Waals surface area contributed by atoms with Crippen LogP contribution in [0.25, 0.3) is 0 Å². The Morgan fingerprint density at radius 1 is 1.45 bits per heavy atom. The van der Waals surface area contributed by atoms with Gasteiger partial charge in [-0.15, -0.1) is 0 Å². The maximum atomic E-state index is 12.2. The molecule has 0 spiro atoms. The Bertz CT molecular complexity index is 669. The zero-order valence-corrected chi connectivity index (χ0v) is 12.6. The molecule has 2 aromatic rings. The summed E-state index contributed by atoms with van der Waals surface area (Å²) in [7, 11) is 1.92. The third-order valence-electron chi connectivity index (χ3n) is 3.81. The smallest absolute Gasteiger partial charge is 0.319 e. The minimum atomic E-state index is -0.259. The number of nitrogens with one attached hydrogen (secondary N) is 2. The van der Waals surface area contributed by atoms with Gasteiger partial charge in [0.25, 0.3) is 0 Å². The Balaban J connectivity index is 1.66. The van der Waals surface area contributed by atoms with Crippen LogP contribution >= 0.6 is 0 Å². The lowest BCUT2D eigenvalue weighted by atomic mass is 10.1. The Morgan fingerprint density at radius 2 is 2.32 bits per heavy atom. The summed E-state index contributed by atoms with van der Waals surface area (Å²) in [6.45, 7) is 2.53. The van der Waals surface area contributed by atoms with E-state index < -0.39 is 0 Å². The second-order valence-corrected chi connectivity index (χ2v) is 5.37. The Hall–Kier alpha value is -2.41. The van der Waals surface area contributed by atoms with Crippen molar-refractivity contribution in [2.45, 2.75) is 25.5 Å². The molecule has 0 radical (unpaired) electrons. The van der Waals surface area contributed by atoms with Gasteiger partial charge in [-0.3, -0.25) is 4.98 Å². The Labute approximate surface area is 128 Å². The number of pyridine rings is 1. The fourth-order valence-corrected chi connectivity index (χ4v) is 2.56. The summed E-state index contributed by atoms with van der Waals surface area (Å²) in [6.07, 6.45) is 7.47. The van der Waals surface area contributed by atoms with Crippen molar-refractivity contribution in [3.8, 4) is 0 Å². The lowest BCUT2D eigenvalue weighted by molar-refractivity contribution is 0.0913. The fourth-order valence-electron chi connectivity index (χ4n) is 2.56. The zero-order chi connectivity index (χ0) is 15.5. The van der Waals surface area contributed by atoms with Gasteiger partial charge < -0.3 is 19.9 Å². The predicted molar refractivity (Wildman–Crippen MR) is 81.4 cm³/mol. The van der Waals surface area contributed by atoms with E-state index in [-0.39, 0.29) is 18.2 Å². The molecule has 1 aliphatic heterocycles. The largest absolute Gasteiger partial charge is 0.368 e. The van der Waals surface area contributed by atoms with Crippen LogP contribution in [0, 0.1) is 6.92 Å². The average molecular weight is 301 g/mol. The number of aromatic nitrogens is 3. The minimum Gasteiger partial charge on any atom is -0.368 e. The van der Waals surface area contributed by atoms with Crippen LogP contribution in [-0.2, 0) is 11.8 Å². The van der Waals surface area contributed by atoms with Gasteiger partial charge in [0.15, 0.2) is 0 Å². The first-order valence-electron chi connectivity index (χ1n) is 7.22. The second-order valence-electron chi connectivity index (χ2n) is 5.37. The van der Waals surface area contributed by atoms with Crippen molar-refractivity contribution in [3.63, 3.8) is 0 Å². The average Bonchev–Trinajstić information content (AvgIpc) is 3.10. The molecule has 2 atom stereocenters. The van der Waals surface area contributed by atoms with Gasteiger partial charge in [0.2, 0.25) is 0 Å². The number of carbonyl (C=O) groups is 1. The number of urea groups is 1. The molecule has 1 aliphatic rings.